The SMILES string of the molecule is COc1ccccc1-n1c(O)c(C=Nc2cccc(N)c2)c(=O)[nH]c1=O. The van der Waals surface area contributed by atoms with Crippen molar-refractivity contribution in [3.05, 3.63) is 74.9 Å². The number of nitrogen functional groups attached to an aromatic ring is 1. The Hall–Kier alpha value is -3.81. The van der Waals surface area contributed by atoms with Crippen molar-refractivity contribution in [1.82, 2.24) is 9.55 Å². The van der Waals surface area contributed by atoms with Crippen LogP contribution < -0.4 is 21.7 Å². The largest absolute Gasteiger partial charge is 0.495 e. The van der Waals surface area contributed by atoms with Crippen molar-refractivity contribution in [2.75, 3.05) is 12.8 Å². The molecule has 0 aliphatic carbocycles. The molecule has 26 heavy (non-hydrogen) atoms. The van der Waals surface area contributed by atoms with Gasteiger partial charge < -0.3 is 15.6 Å². The second kappa shape index (κ2) is 6.98. The van der Waals surface area contributed by atoms with Gasteiger partial charge >= 0.3 is 5.69 Å². The molecule has 132 valence electrons. The van der Waals surface area contributed by atoms with Crippen LogP contribution in [0, 0.1) is 0 Å². The number of para-hydroxylation sites is 2. The Labute approximate surface area is 147 Å². The van der Waals surface area contributed by atoms with Crippen molar-refractivity contribution in [1.29, 1.82) is 0 Å². The quantitative estimate of drug-likeness (QED) is 0.486. The van der Waals surface area contributed by atoms with E-state index in [1.165, 1.54) is 13.3 Å². The second-order valence-corrected chi connectivity index (χ2v) is 5.36. The van der Waals surface area contributed by atoms with Gasteiger partial charge in [0.15, 0.2) is 0 Å². The number of anilines is 1. The van der Waals surface area contributed by atoms with Crippen LogP contribution in [0.15, 0.2) is 63.1 Å². The lowest BCUT2D eigenvalue weighted by atomic mass is 10.2. The molecule has 8 nitrogen and oxygen atoms in total. The lowest BCUT2D eigenvalue weighted by Gasteiger charge is -2.12. The number of H-pyrrole nitrogens is 1. The average molecular weight is 352 g/mol. The van der Waals surface area contributed by atoms with Crippen LogP contribution in [0.1, 0.15) is 5.56 Å². The van der Waals surface area contributed by atoms with Crippen molar-refractivity contribution in [3.63, 3.8) is 0 Å². The van der Waals surface area contributed by atoms with Crippen molar-refractivity contribution in [2.45, 2.75) is 0 Å². The van der Waals surface area contributed by atoms with Crippen LogP contribution in [-0.2, 0) is 0 Å². The first-order valence-corrected chi connectivity index (χ1v) is 7.62. The number of aromatic amines is 1. The first-order chi connectivity index (χ1) is 12.5. The molecule has 2 aromatic carbocycles. The molecule has 0 spiro atoms. The summed E-state index contributed by atoms with van der Waals surface area (Å²) >= 11 is 0. The molecule has 0 fully saturated rings. The summed E-state index contributed by atoms with van der Waals surface area (Å²) in [5.41, 5.74) is 5.26. The number of aliphatic imine (C=N–C) groups is 1. The monoisotopic (exact) mass is 352 g/mol. The van der Waals surface area contributed by atoms with Crippen LogP contribution in [0.2, 0.25) is 0 Å². The summed E-state index contributed by atoms with van der Waals surface area (Å²) in [6, 6.07) is 13.3. The molecule has 0 bridgehead atoms. The van der Waals surface area contributed by atoms with Gasteiger partial charge in [-0.2, -0.15) is 0 Å². The van der Waals surface area contributed by atoms with Crippen molar-refractivity contribution in [2.24, 2.45) is 4.99 Å². The molecule has 0 unspecified atom stereocenters. The van der Waals surface area contributed by atoms with Crippen LogP contribution in [0.3, 0.4) is 0 Å². The third kappa shape index (κ3) is 3.20. The number of ether oxygens (including phenoxy) is 1. The van der Waals surface area contributed by atoms with Gasteiger partial charge in [-0.25, -0.2) is 9.36 Å². The summed E-state index contributed by atoms with van der Waals surface area (Å²) in [7, 11) is 1.44. The van der Waals surface area contributed by atoms with E-state index < -0.39 is 17.1 Å². The van der Waals surface area contributed by atoms with Gasteiger partial charge in [-0.3, -0.25) is 14.8 Å². The topological polar surface area (TPSA) is 123 Å². The Kier molecular flexibility index (Phi) is 4.57. The molecule has 0 saturated heterocycles. The first-order valence-electron chi connectivity index (χ1n) is 7.62. The molecule has 1 heterocycles. The van der Waals surface area contributed by atoms with E-state index in [2.05, 4.69) is 9.98 Å². The van der Waals surface area contributed by atoms with Gasteiger partial charge in [0.2, 0.25) is 5.88 Å². The molecular weight excluding hydrogens is 336 g/mol. The predicted molar refractivity (Wildman–Crippen MR) is 99.0 cm³/mol. The molecule has 1 aromatic heterocycles. The maximum atomic E-state index is 12.2. The van der Waals surface area contributed by atoms with Gasteiger partial charge in [0.1, 0.15) is 11.3 Å². The summed E-state index contributed by atoms with van der Waals surface area (Å²) in [5.74, 6) is -0.188. The number of nitrogens with zero attached hydrogens (tertiary/aromatic N) is 2. The second-order valence-electron chi connectivity index (χ2n) is 5.36. The molecule has 0 atom stereocenters. The Bertz CT molecular complexity index is 1100. The molecule has 0 saturated carbocycles. The highest BCUT2D eigenvalue weighted by Crippen LogP contribution is 2.25. The summed E-state index contributed by atoms with van der Waals surface area (Å²) in [6.45, 7) is 0. The zero-order valence-corrected chi connectivity index (χ0v) is 13.8. The number of benzene rings is 2. The Morgan fingerprint density at radius 2 is 1.96 bits per heavy atom. The molecule has 0 aliphatic heterocycles. The van der Waals surface area contributed by atoms with Gasteiger partial charge in [-0.15, -0.1) is 0 Å². The van der Waals surface area contributed by atoms with Gasteiger partial charge in [0, 0.05) is 11.9 Å². The average Bonchev–Trinajstić information content (AvgIpc) is 2.61. The Balaban J connectivity index is 2.16. The van der Waals surface area contributed by atoms with Gasteiger partial charge in [0.25, 0.3) is 5.56 Å². The lowest BCUT2D eigenvalue weighted by Crippen LogP contribution is -2.31. The summed E-state index contributed by atoms with van der Waals surface area (Å²) in [5, 5.41) is 10.5. The maximum Gasteiger partial charge on any atom is 0.335 e. The first kappa shape index (κ1) is 17.0. The van der Waals surface area contributed by atoms with E-state index in [0.29, 0.717) is 17.1 Å². The third-order valence-corrected chi connectivity index (χ3v) is 3.66. The number of nitrogens with one attached hydrogen (secondary N) is 1. The minimum atomic E-state index is -0.793. The molecule has 4 N–H and O–H groups in total. The van der Waals surface area contributed by atoms with Crippen LogP contribution >= 0.6 is 0 Å². The molecule has 3 rings (SSSR count). The number of hydrogen-bond donors (Lipinski definition) is 3. The van der Waals surface area contributed by atoms with Gasteiger partial charge in [0.05, 0.1) is 18.5 Å². The fourth-order valence-electron chi connectivity index (χ4n) is 2.44. The Morgan fingerprint density at radius 1 is 1.19 bits per heavy atom. The fraction of sp³-hybridized carbons (Fsp3) is 0.0556. The minimum Gasteiger partial charge on any atom is -0.495 e. The van der Waals surface area contributed by atoms with E-state index >= 15 is 0 Å². The van der Waals surface area contributed by atoms with Crippen LogP contribution in [0.4, 0.5) is 11.4 Å². The highest BCUT2D eigenvalue weighted by molar-refractivity contribution is 5.84. The zero-order valence-electron chi connectivity index (χ0n) is 13.8. The van der Waals surface area contributed by atoms with Crippen molar-refractivity contribution < 1.29 is 9.84 Å². The van der Waals surface area contributed by atoms with E-state index in [4.69, 9.17) is 10.5 Å². The molecular formula is C18H16N4O4. The number of hydrogen-bond acceptors (Lipinski definition) is 6. The Morgan fingerprint density at radius 3 is 2.69 bits per heavy atom. The van der Waals surface area contributed by atoms with E-state index in [0.717, 1.165) is 4.57 Å². The lowest BCUT2D eigenvalue weighted by molar-refractivity contribution is 0.401. The molecule has 0 radical (unpaired) electrons. The number of rotatable bonds is 4. The molecule has 3 aromatic rings. The number of nitrogens with two attached hydrogens (primary N) is 1. The third-order valence-electron chi connectivity index (χ3n) is 3.66. The van der Waals surface area contributed by atoms with Gasteiger partial charge in [-0.1, -0.05) is 18.2 Å². The normalized spacial score (nSPS) is 11.0. The highest BCUT2D eigenvalue weighted by atomic mass is 16.5. The summed E-state index contributed by atoms with van der Waals surface area (Å²) in [4.78, 5) is 30.6. The smallest absolute Gasteiger partial charge is 0.335 e. The fourth-order valence-corrected chi connectivity index (χ4v) is 2.44. The van der Waals surface area contributed by atoms with Crippen LogP contribution in [0.25, 0.3) is 5.69 Å². The van der Waals surface area contributed by atoms with E-state index in [9.17, 15) is 14.7 Å². The molecule has 0 amide bonds. The standard InChI is InChI=1S/C18H16N4O4/c1-26-15-8-3-2-7-14(15)22-17(24)13(16(23)21-18(22)25)10-20-12-6-4-5-11(19)9-12/h2-10,24H,19H2,1H3,(H,21,23,25). The number of aromatic hydroxyl groups is 1. The summed E-state index contributed by atoms with van der Waals surface area (Å²) < 4.78 is 6.16. The molecule has 8 heteroatoms. The van der Waals surface area contributed by atoms with Crippen LogP contribution in [0.5, 0.6) is 11.6 Å². The van der Waals surface area contributed by atoms with Gasteiger partial charge in [-0.05, 0) is 30.3 Å². The van der Waals surface area contributed by atoms with E-state index in [1.54, 1.807) is 48.5 Å². The van der Waals surface area contributed by atoms with Crippen LogP contribution in [-0.4, -0.2) is 28.0 Å². The highest BCUT2D eigenvalue weighted by Gasteiger charge is 2.16. The zero-order chi connectivity index (χ0) is 18.7. The van der Waals surface area contributed by atoms with Crippen molar-refractivity contribution >= 4 is 17.6 Å². The predicted octanol–water partition coefficient (Wildman–Crippen LogP) is 1.57. The maximum absolute atomic E-state index is 12.2. The van der Waals surface area contributed by atoms with E-state index in [-0.39, 0.29) is 11.3 Å². The number of aromatic nitrogens is 2. The van der Waals surface area contributed by atoms with Crippen molar-refractivity contribution in [3.8, 4) is 17.3 Å². The minimum absolute atomic E-state index is 0.169. The molecule has 0 aliphatic rings. The number of methoxy groups -OCH3 is 1. The summed E-state index contributed by atoms with van der Waals surface area (Å²) in [6.07, 6.45) is 1.17. The van der Waals surface area contributed by atoms with E-state index in [1.807, 2.05) is 0 Å².